The topological polar surface area (TPSA) is 97.8 Å². The average Bonchev–Trinajstić information content (AvgIpc) is 3.90. The Morgan fingerprint density at radius 2 is 1.81 bits per heavy atom. The zero-order chi connectivity index (χ0) is 28.0. The van der Waals surface area contributed by atoms with Crippen LogP contribution < -0.4 is 26.7 Å². The van der Waals surface area contributed by atoms with Crippen LogP contribution in [0.4, 0.5) is 0 Å². The van der Waals surface area contributed by atoms with Crippen LogP contribution in [0.2, 0.25) is 0 Å². The number of piperidine rings is 1. The lowest BCUT2D eigenvalue weighted by atomic mass is 9.55. The minimum absolute atomic E-state index is 0.0125. The molecule has 0 saturated carbocycles. The minimum Gasteiger partial charge on any atom is -0.371 e. The molecule has 0 aromatic rings. The molecule has 0 radical (unpaired) electrons. The highest BCUT2D eigenvalue weighted by molar-refractivity contribution is 7.99. The van der Waals surface area contributed by atoms with Gasteiger partial charge in [-0.25, -0.2) is 5.01 Å². The lowest BCUT2D eigenvalue weighted by Gasteiger charge is -2.74. The fraction of sp³-hybridized carbons (Fsp3) is 0.867. The van der Waals surface area contributed by atoms with Crippen LogP contribution in [0.5, 0.6) is 0 Å². The molecule has 0 amide bonds. The number of hydrogen-bond acceptors (Lipinski definition) is 12. The molecular weight excluding hydrogens is 546 g/mol. The monoisotopic (exact) mass is 597 g/mol. The smallest absolute Gasteiger partial charge is 0.196 e. The number of thioether (sulfide) groups is 1. The largest absolute Gasteiger partial charge is 0.371 e. The molecule has 5 unspecified atom stereocenters. The highest BCUT2D eigenvalue weighted by atomic mass is 32.2. The number of nitrogens with one attached hydrogen (secondary N) is 5. The molecule has 0 spiro atoms. The Hall–Kier alpha value is -1.41. The molecule has 0 aromatic carbocycles. The first kappa shape index (κ1) is 28.1. The summed E-state index contributed by atoms with van der Waals surface area (Å²) in [5, 5.41) is 27.4. The maximum absolute atomic E-state index is 5.50. The van der Waals surface area contributed by atoms with Crippen molar-refractivity contribution in [1.29, 1.82) is 0 Å². The van der Waals surface area contributed by atoms with Gasteiger partial charge in [-0.3, -0.25) is 36.3 Å². The normalized spacial score (nSPS) is 41.9. The highest BCUT2D eigenvalue weighted by Crippen LogP contribution is 2.62. The molecule has 12 heteroatoms. The maximum Gasteiger partial charge on any atom is 0.196 e. The van der Waals surface area contributed by atoms with Crippen LogP contribution in [-0.2, 0) is 0 Å². The fourth-order valence-electron chi connectivity index (χ4n) is 10.0. The molecule has 8 rings (SSSR count). The van der Waals surface area contributed by atoms with E-state index >= 15 is 0 Å². The van der Waals surface area contributed by atoms with E-state index in [0.717, 1.165) is 97.1 Å². The van der Waals surface area contributed by atoms with Crippen molar-refractivity contribution in [2.24, 2.45) is 21.4 Å². The third kappa shape index (κ3) is 3.88. The van der Waals surface area contributed by atoms with E-state index < -0.39 is 11.2 Å². The Morgan fingerprint density at radius 3 is 2.48 bits per heavy atom. The molecule has 0 bridgehead atoms. The third-order valence-electron chi connectivity index (χ3n) is 11.3. The van der Waals surface area contributed by atoms with Gasteiger partial charge in [0.2, 0.25) is 0 Å². The zero-order valence-electron chi connectivity index (χ0n) is 25.2. The zero-order valence-corrected chi connectivity index (χ0v) is 26.0. The second kappa shape index (κ2) is 11.5. The van der Waals surface area contributed by atoms with Crippen LogP contribution in [0.3, 0.4) is 0 Å². The van der Waals surface area contributed by atoms with Gasteiger partial charge in [-0.1, -0.05) is 12.5 Å². The van der Waals surface area contributed by atoms with Gasteiger partial charge in [0.05, 0.1) is 12.7 Å². The number of hydrogen-bond donors (Lipinski definition) is 5. The molecule has 5 N–H and O–H groups in total. The van der Waals surface area contributed by atoms with Crippen molar-refractivity contribution < 1.29 is 0 Å². The number of amidine groups is 1. The van der Waals surface area contributed by atoms with Gasteiger partial charge in [-0.2, -0.15) is 16.9 Å². The molecule has 5 saturated heterocycles. The molecule has 0 aliphatic carbocycles. The molecule has 0 aromatic heterocycles. The van der Waals surface area contributed by atoms with Gasteiger partial charge >= 0.3 is 0 Å². The van der Waals surface area contributed by atoms with E-state index in [1.54, 1.807) is 0 Å². The summed E-state index contributed by atoms with van der Waals surface area (Å²) >= 11 is 2.25. The third-order valence-corrected chi connectivity index (χ3v) is 12.9. The minimum atomic E-state index is -0.628. The van der Waals surface area contributed by atoms with Gasteiger partial charge in [-0.05, 0) is 50.5 Å². The number of nitrogens with zero attached hydrogens (tertiary/aromatic N) is 6. The Morgan fingerprint density at radius 1 is 0.905 bits per heavy atom. The van der Waals surface area contributed by atoms with E-state index in [4.69, 9.17) is 10.1 Å². The predicted octanol–water partition coefficient (Wildman–Crippen LogP) is 0.566. The summed E-state index contributed by atoms with van der Waals surface area (Å²) in [6.07, 6.45) is 16.8. The average molecular weight is 598 g/mol. The molecule has 8 heterocycles. The molecular formula is C30H51N11S. The molecule has 5 fully saturated rings. The Bertz CT molecular complexity index is 1060. The molecule has 5 atom stereocenters. The molecule has 8 aliphatic rings. The van der Waals surface area contributed by atoms with Crippen LogP contribution in [0, 0.1) is 11.3 Å². The van der Waals surface area contributed by atoms with Crippen LogP contribution >= 0.6 is 11.8 Å². The quantitative estimate of drug-likeness (QED) is 0.287. The van der Waals surface area contributed by atoms with Gasteiger partial charge in [0.25, 0.3) is 0 Å². The highest BCUT2D eigenvalue weighted by Gasteiger charge is 2.82. The van der Waals surface area contributed by atoms with Gasteiger partial charge in [0.15, 0.2) is 5.79 Å². The second-order valence-corrected chi connectivity index (χ2v) is 14.6. The number of aliphatic imine (C=N–C) groups is 1. The Balaban J connectivity index is 1.47. The summed E-state index contributed by atoms with van der Waals surface area (Å²) in [4.78, 5) is 11.3. The van der Waals surface area contributed by atoms with Crippen molar-refractivity contribution in [2.45, 2.75) is 74.2 Å². The first-order chi connectivity index (χ1) is 20.8. The standard InChI is InChI=1S/C30H51N11S/c1-6-22-42-25(9-1)24-23-35-30(40-20-7-10-36-40,41-21-8-11-37-41)28(26-31-12-13-32-26,27-33-14-15-34-27)29(24,38-16-2-3-17-38)39-18-4-5-19-39/h2,10,16,24-26,31-32,35,37H,1,3-9,11-15,17-23H2,(H,33,34). The Labute approximate surface area is 255 Å². The van der Waals surface area contributed by atoms with Gasteiger partial charge in [0, 0.05) is 89.3 Å². The summed E-state index contributed by atoms with van der Waals surface area (Å²) in [6.45, 7) is 10.8. The van der Waals surface area contributed by atoms with Crippen molar-refractivity contribution in [2.75, 3.05) is 77.7 Å². The van der Waals surface area contributed by atoms with E-state index in [9.17, 15) is 0 Å². The van der Waals surface area contributed by atoms with Crippen LogP contribution in [0.15, 0.2) is 22.4 Å². The Kier molecular flexibility index (Phi) is 7.69. The van der Waals surface area contributed by atoms with Crippen molar-refractivity contribution in [3.05, 3.63) is 12.3 Å². The van der Waals surface area contributed by atoms with Crippen molar-refractivity contribution in [3.63, 3.8) is 0 Å². The van der Waals surface area contributed by atoms with E-state index in [1.165, 1.54) is 37.9 Å². The maximum atomic E-state index is 5.50. The number of likely N-dealkylation sites (tertiary alicyclic amines) is 1. The SMILES string of the molecule is C1=CN(C2(N3CCCC3)C(C3CCCCS3)CNC(N3CCC=N3)(N3CCCN3)C2(C2=NCCN2)C2NCCN2)CC1. The van der Waals surface area contributed by atoms with E-state index in [1.807, 2.05) is 0 Å². The van der Waals surface area contributed by atoms with Crippen LogP contribution in [-0.4, -0.2) is 132 Å². The second-order valence-electron chi connectivity index (χ2n) is 13.3. The first-order valence-electron chi connectivity index (χ1n) is 17.0. The molecule has 8 aliphatic heterocycles. The fourth-order valence-corrected chi connectivity index (χ4v) is 11.6. The predicted molar refractivity (Wildman–Crippen MR) is 170 cm³/mol. The van der Waals surface area contributed by atoms with E-state index in [0.29, 0.717) is 11.2 Å². The summed E-state index contributed by atoms with van der Waals surface area (Å²) in [5.41, 5.74) is 3.06. The summed E-state index contributed by atoms with van der Waals surface area (Å²) in [7, 11) is 0. The number of hydrazine groups is 1. The summed E-state index contributed by atoms with van der Waals surface area (Å²) < 4.78 is 0. The van der Waals surface area contributed by atoms with Crippen LogP contribution in [0.1, 0.15) is 51.4 Å². The van der Waals surface area contributed by atoms with Crippen molar-refractivity contribution >= 4 is 23.8 Å². The van der Waals surface area contributed by atoms with E-state index in [2.05, 4.69) is 76.8 Å². The lowest BCUT2D eigenvalue weighted by molar-refractivity contribution is -0.280. The molecule has 42 heavy (non-hydrogen) atoms. The molecule has 232 valence electrons. The summed E-state index contributed by atoms with van der Waals surface area (Å²) in [6, 6.07) is 0. The van der Waals surface area contributed by atoms with Gasteiger partial charge in [-0.15, -0.1) is 0 Å². The first-order valence-corrected chi connectivity index (χ1v) is 18.0. The van der Waals surface area contributed by atoms with Crippen molar-refractivity contribution in [1.82, 2.24) is 46.5 Å². The van der Waals surface area contributed by atoms with Crippen molar-refractivity contribution in [3.8, 4) is 0 Å². The molecule has 11 nitrogen and oxygen atoms in total. The number of rotatable bonds is 7. The summed E-state index contributed by atoms with van der Waals surface area (Å²) in [5.74, 6) is 2.22. The van der Waals surface area contributed by atoms with Gasteiger partial charge < -0.3 is 10.2 Å². The number of hydrazone groups is 1. The van der Waals surface area contributed by atoms with Crippen LogP contribution in [0.25, 0.3) is 0 Å². The lowest BCUT2D eigenvalue weighted by Crippen LogP contribution is -2.96. The van der Waals surface area contributed by atoms with Gasteiger partial charge in [0.1, 0.15) is 16.9 Å². The van der Waals surface area contributed by atoms with E-state index in [-0.39, 0.29) is 11.8 Å².